The lowest BCUT2D eigenvalue weighted by Gasteiger charge is -2.21. The van der Waals surface area contributed by atoms with Crippen molar-refractivity contribution < 1.29 is 13.6 Å². The molecule has 0 bridgehead atoms. The molecule has 1 unspecified atom stereocenters. The Morgan fingerprint density at radius 1 is 1.38 bits per heavy atom. The number of hydrogen-bond acceptors (Lipinski definition) is 7. The Balaban J connectivity index is 1.63. The molecular formula is C21H20F2N8O. The zero-order chi connectivity index (χ0) is 22.5. The molecule has 0 spiro atoms. The molecule has 1 aliphatic heterocycles. The second-order valence-corrected chi connectivity index (χ2v) is 8.42. The van der Waals surface area contributed by atoms with Gasteiger partial charge in [-0.25, -0.2) is 19.6 Å². The summed E-state index contributed by atoms with van der Waals surface area (Å²) in [4.78, 5) is 24.9. The van der Waals surface area contributed by atoms with Crippen LogP contribution in [-0.4, -0.2) is 44.2 Å². The van der Waals surface area contributed by atoms with Gasteiger partial charge in [0.05, 0.1) is 22.4 Å². The van der Waals surface area contributed by atoms with Crippen LogP contribution in [0.4, 0.5) is 20.4 Å². The number of pyridine rings is 1. The molecule has 9 nitrogen and oxygen atoms in total. The summed E-state index contributed by atoms with van der Waals surface area (Å²) in [5, 5.41) is 17.7. The third kappa shape index (κ3) is 3.32. The van der Waals surface area contributed by atoms with Gasteiger partial charge in [0.2, 0.25) is 12.2 Å². The Morgan fingerprint density at radius 3 is 2.88 bits per heavy atom. The van der Waals surface area contributed by atoms with Crippen molar-refractivity contribution >= 4 is 28.9 Å². The van der Waals surface area contributed by atoms with Crippen LogP contribution in [0.1, 0.15) is 32.0 Å². The molecule has 1 saturated heterocycles. The van der Waals surface area contributed by atoms with Gasteiger partial charge in [-0.2, -0.15) is 14.0 Å². The molecule has 1 aliphatic carbocycles. The van der Waals surface area contributed by atoms with Crippen molar-refractivity contribution in [1.29, 1.82) is 5.26 Å². The van der Waals surface area contributed by atoms with Crippen molar-refractivity contribution in [2.75, 3.05) is 23.3 Å². The number of fused-ring (bicyclic) bond motifs is 1. The van der Waals surface area contributed by atoms with Gasteiger partial charge in [0.15, 0.2) is 11.6 Å². The first-order chi connectivity index (χ1) is 15.3. The molecule has 1 amide bonds. The Kier molecular flexibility index (Phi) is 4.54. The van der Waals surface area contributed by atoms with Crippen LogP contribution in [-0.2, 0) is 10.7 Å². The summed E-state index contributed by atoms with van der Waals surface area (Å²) in [5.41, 5.74) is 0.152. The number of rotatable bonds is 6. The lowest BCUT2D eigenvalue weighted by molar-refractivity contribution is -0.105. The van der Waals surface area contributed by atoms with Crippen molar-refractivity contribution in [2.45, 2.75) is 32.1 Å². The fourth-order valence-corrected chi connectivity index (χ4v) is 4.39. The number of anilines is 2. The first-order valence-corrected chi connectivity index (χ1v) is 10.3. The summed E-state index contributed by atoms with van der Waals surface area (Å²) in [6.45, 7) is 1.95. The third-order valence-electron chi connectivity index (χ3n) is 6.19. The molecular weight excluding hydrogens is 418 g/mol. The van der Waals surface area contributed by atoms with E-state index < -0.39 is 17.2 Å². The molecule has 0 aromatic carbocycles. The number of aromatic nitrogens is 5. The van der Waals surface area contributed by atoms with Crippen molar-refractivity contribution in [3.8, 4) is 11.9 Å². The highest BCUT2D eigenvalue weighted by atomic mass is 19.3. The number of hydrogen-bond donors (Lipinski definition) is 1. The summed E-state index contributed by atoms with van der Waals surface area (Å²) < 4.78 is 29.1. The third-order valence-corrected chi connectivity index (χ3v) is 6.19. The van der Waals surface area contributed by atoms with Crippen LogP contribution < -0.4 is 10.2 Å². The molecule has 164 valence electrons. The minimum absolute atomic E-state index is 0.170. The van der Waals surface area contributed by atoms with E-state index in [1.807, 2.05) is 4.90 Å². The zero-order valence-electron chi connectivity index (χ0n) is 17.3. The topological polar surface area (TPSA) is 113 Å². The SMILES string of the molecule is CC(F)(F)c1nccc(-n2nc(N3CCC(C#N)(C4CC4)C3)c3cnc(NC=O)cc32)n1. The summed E-state index contributed by atoms with van der Waals surface area (Å²) in [6, 6.07) is 5.64. The van der Waals surface area contributed by atoms with Crippen molar-refractivity contribution in [3.05, 3.63) is 30.4 Å². The minimum atomic E-state index is -3.21. The fraction of sp³-hybridized carbons (Fsp3) is 0.429. The molecule has 2 aliphatic rings. The van der Waals surface area contributed by atoms with Crippen LogP contribution in [0.3, 0.4) is 0 Å². The second-order valence-electron chi connectivity index (χ2n) is 8.42. The molecule has 5 rings (SSSR count). The standard InChI is InChI=1S/C21H20F2N8O/c1-20(22,23)19-25-6-4-17(28-19)31-15-8-16(27-12-32)26-9-14(15)18(29-31)30-7-5-21(10-24,11-30)13-2-3-13/h4,6,8-9,12-13H,2-3,5,7,11H2,1H3,(H,26,27,32). The van der Waals surface area contributed by atoms with Gasteiger partial charge in [-0.1, -0.05) is 0 Å². The Bertz CT molecular complexity index is 1240. The maximum absolute atomic E-state index is 13.8. The molecule has 1 atom stereocenters. The van der Waals surface area contributed by atoms with Gasteiger partial charge in [0.25, 0.3) is 0 Å². The Labute approximate surface area is 182 Å². The van der Waals surface area contributed by atoms with Crippen LogP contribution in [0, 0.1) is 22.7 Å². The van der Waals surface area contributed by atoms with Gasteiger partial charge in [0, 0.05) is 44.5 Å². The van der Waals surface area contributed by atoms with Crippen LogP contribution in [0.2, 0.25) is 0 Å². The van der Waals surface area contributed by atoms with Crippen molar-refractivity contribution in [1.82, 2.24) is 24.7 Å². The molecule has 32 heavy (non-hydrogen) atoms. The average Bonchev–Trinajstić information content (AvgIpc) is 3.44. The number of carbonyl (C=O) groups is 1. The number of amides is 1. The number of nitrogens with one attached hydrogen (secondary N) is 1. The summed E-state index contributed by atoms with van der Waals surface area (Å²) in [5.74, 6) is -2.35. The quantitative estimate of drug-likeness (QED) is 0.589. The van der Waals surface area contributed by atoms with E-state index in [9.17, 15) is 18.8 Å². The zero-order valence-corrected chi connectivity index (χ0v) is 17.3. The van der Waals surface area contributed by atoms with Crippen LogP contribution >= 0.6 is 0 Å². The Hall–Kier alpha value is -3.68. The maximum atomic E-state index is 13.8. The molecule has 1 saturated carbocycles. The molecule has 4 heterocycles. The van der Waals surface area contributed by atoms with E-state index in [1.54, 1.807) is 12.3 Å². The second kappa shape index (κ2) is 7.19. The van der Waals surface area contributed by atoms with Crippen molar-refractivity contribution in [3.63, 3.8) is 0 Å². The van der Waals surface area contributed by atoms with Gasteiger partial charge in [-0.15, -0.1) is 5.10 Å². The van der Waals surface area contributed by atoms with Gasteiger partial charge in [-0.05, 0) is 25.2 Å². The number of nitriles is 1. The fourth-order valence-electron chi connectivity index (χ4n) is 4.39. The van der Waals surface area contributed by atoms with E-state index in [0.717, 1.165) is 26.2 Å². The Morgan fingerprint density at radius 2 is 2.19 bits per heavy atom. The van der Waals surface area contributed by atoms with Gasteiger partial charge in [0.1, 0.15) is 5.82 Å². The van der Waals surface area contributed by atoms with Crippen LogP contribution in [0.5, 0.6) is 0 Å². The lowest BCUT2D eigenvalue weighted by atomic mass is 9.83. The summed E-state index contributed by atoms with van der Waals surface area (Å²) in [7, 11) is 0. The first-order valence-electron chi connectivity index (χ1n) is 10.3. The van der Waals surface area contributed by atoms with E-state index in [4.69, 9.17) is 0 Å². The van der Waals surface area contributed by atoms with E-state index in [0.29, 0.717) is 48.0 Å². The summed E-state index contributed by atoms with van der Waals surface area (Å²) in [6.07, 6.45) is 6.23. The molecule has 2 fully saturated rings. The average molecular weight is 438 g/mol. The largest absolute Gasteiger partial charge is 0.353 e. The summed E-state index contributed by atoms with van der Waals surface area (Å²) >= 11 is 0. The van der Waals surface area contributed by atoms with Gasteiger partial charge in [-0.3, -0.25) is 4.79 Å². The van der Waals surface area contributed by atoms with E-state index in [2.05, 4.69) is 31.4 Å². The monoisotopic (exact) mass is 438 g/mol. The van der Waals surface area contributed by atoms with Crippen molar-refractivity contribution in [2.24, 2.45) is 11.3 Å². The molecule has 3 aromatic rings. The predicted octanol–water partition coefficient (Wildman–Crippen LogP) is 3.02. The molecule has 1 N–H and O–H groups in total. The van der Waals surface area contributed by atoms with Crippen LogP contribution in [0.15, 0.2) is 24.5 Å². The molecule has 11 heteroatoms. The van der Waals surface area contributed by atoms with E-state index in [-0.39, 0.29) is 5.82 Å². The first kappa shape index (κ1) is 20.2. The maximum Gasteiger partial charge on any atom is 0.303 e. The number of halogens is 2. The highest BCUT2D eigenvalue weighted by Crippen LogP contribution is 2.51. The molecule has 0 radical (unpaired) electrons. The van der Waals surface area contributed by atoms with Gasteiger partial charge >= 0.3 is 5.92 Å². The smallest absolute Gasteiger partial charge is 0.303 e. The predicted molar refractivity (Wildman–Crippen MR) is 111 cm³/mol. The molecule has 3 aromatic heterocycles. The number of carbonyl (C=O) groups excluding carboxylic acids is 1. The van der Waals surface area contributed by atoms with E-state index in [1.165, 1.54) is 16.9 Å². The normalized spacial score (nSPS) is 21.0. The number of nitrogens with zero attached hydrogens (tertiary/aromatic N) is 7. The minimum Gasteiger partial charge on any atom is -0.353 e. The van der Waals surface area contributed by atoms with Crippen LogP contribution in [0.25, 0.3) is 16.7 Å². The lowest BCUT2D eigenvalue weighted by Crippen LogP contribution is -2.28. The highest BCUT2D eigenvalue weighted by molar-refractivity contribution is 5.93. The van der Waals surface area contributed by atoms with Gasteiger partial charge < -0.3 is 10.2 Å². The van der Waals surface area contributed by atoms with E-state index >= 15 is 0 Å². The number of alkyl halides is 2. The highest BCUT2D eigenvalue weighted by Gasteiger charge is 2.50.